The van der Waals surface area contributed by atoms with Gasteiger partial charge in [-0.1, -0.05) is 66.7 Å². The standard InChI is InChI=1S/C25H22N2O2/c1-17-8-7-9-18(2)25(17)29-16-24(28)27-26-15-23-21-12-5-3-10-19(21)14-20-11-4-6-13-22(20)23/h3-15H,16H2,1-2H3,(H,27,28)/b26-15-. The van der Waals surface area contributed by atoms with Crippen molar-refractivity contribution in [3.63, 3.8) is 0 Å². The highest BCUT2D eigenvalue weighted by Gasteiger charge is 2.08. The molecular formula is C25H22N2O2. The van der Waals surface area contributed by atoms with Crippen molar-refractivity contribution in [2.75, 3.05) is 6.61 Å². The molecule has 0 unspecified atom stereocenters. The minimum atomic E-state index is -0.298. The Balaban J connectivity index is 1.53. The normalized spacial score (nSPS) is 11.2. The molecule has 0 saturated heterocycles. The monoisotopic (exact) mass is 382 g/mol. The van der Waals surface area contributed by atoms with Gasteiger partial charge >= 0.3 is 0 Å². The highest BCUT2D eigenvalue weighted by molar-refractivity contribution is 6.13. The van der Waals surface area contributed by atoms with Gasteiger partial charge in [0.15, 0.2) is 6.61 Å². The van der Waals surface area contributed by atoms with Crippen LogP contribution in [-0.2, 0) is 4.79 Å². The minimum Gasteiger partial charge on any atom is -0.483 e. The summed E-state index contributed by atoms with van der Waals surface area (Å²) < 4.78 is 5.69. The second-order valence-electron chi connectivity index (χ2n) is 7.04. The smallest absolute Gasteiger partial charge is 0.277 e. The molecule has 4 rings (SSSR count). The third-order valence-electron chi connectivity index (χ3n) is 4.95. The van der Waals surface area contributed by atoms with E-state index < -0.39 is 0 Å². The van der Waals surface area contributed by atoms with E-state index in [1.807, 2.05) is 56.3 Å². The Morgan fingerprint density at radius 2 is 1.48 bits per heavy atom. The predicted octanol–water partition coefficient (Wildman–Crippen LogP) is 5.14. The summed E-state index contributed by atoms with van der Waals surface area (Å²) in [5.41, 5.74) is 5.56. The van der Waals surface area contributed by atoms with Crippen molar-refractivity contribution in [3.05, 3.63) is 89.5 Å². The van der Waals surface area contributed by atoms with Crippen LogP contribution in [0.15, 0.2) is 77.9 Å². The maximum absolute atomic E-state index is 12.2. The zero-order valence-corrected chi connectivity index (χ0v) is 16.5. The number of nitrogens with one attached hydrogen (secondary N) is 1. The Morgan fingerprint density at radius 1 is 0.897 bits per heavy atom. The summed E-state index contributed by atoms with van der Waals surface area (Å²) in [4.78, 5) is 12.2. The van der Waals surface area contributed by atoms with Crippen LogP contribution in [0, 0.1) is 13.8 Å². The molecule has 0 fully saturated rings. The van der Waals surface area contributed by atoms with Crippen LogP contribution in [0.4, 0.5) is 0 Å². The summed E-state index contributed by atoms with van der Waals surface area (Å²) in [6.45, 7) is 3.84. The third-order valence-corrected chi connectivity index (χ3v) is 4.95. The highest BCUT2D eigenvalue weighted by Crippen LogP contribution is 2.27. The fourth-order valence-corrected chi connectivity index (χ4v) is 3.55. The van der Waals surface area contributed by atoms with Gasteiger partial charge in [0.1, 0.15) is 5.75 Å². The maximum Gasteiger partial charge on any atom is 0.277 e. The van der Waals surface area contributed by atoms with Crippen LogP contribution in [0.1, 0.15) is 16.7 Å². The van der Waals surface area contributed by atoms with Crippen molar-refractivity contribution >= 4 is 33.7 Å². The van der Waals surface area contributed by atoms with Gasteiger partial charge in [-0.05, 0) is 52.6 Å². The van der Waals surface area contributed by atoms with Crippen molar-refractivity contribution in [2.45, 2.75) is 13.8 Å². The van der Waals surface area contributed by atoms with Crippen LogP contribution in [0.25, 0.3) is 21.5 Å². The molecule has 0 aliphatic rings. The molecule has 1 amide bonds. The van der Waals surface area contributed by atoms with Gasteiger partial charge in [-0.15, -0.1) is 0 Å². The molecule has 0 atom stereocenters. The van der Waals surface area contributed by atoms with Gasteiger partial charge in [0.25, 0.3) is 5.91 Å². The molecule has 0 aliphatic carbocycles. The number of rotatable bonds is 5. The lowest BCUT2D eigenvalue weighted by molar-refractivity contribution is -0.123. The summed E-state index contributed by atoms with van der Waals surface area (Å²) in [7, 11) is 0. The van der Waals surface area contributed by atoms with Gasteiger partial charge in [-0.3, -0.25) is 4.79 Å². The number of carbonyl (C=O) groups excluding carboxylic acids is 1. The molecule has 0 spiro atoms. The number of hydrazone groups is 1. The molecule has 0 radical (unpaired) electrons. The first kappa shape index (κ1) is 18.7. The number of aryl methyl sites for hydroxylation is 2. The molecule has 4 nitrogen and oxygen atoms in total. The first-order chi connectivity index (χ1) is 14.1. The lowest BCUT2D eigenvalue weighted by Gasteiger charge is -2.11. The van der Waals surface area contributed by atoms with Crippen LogP contribution < -0.4 is 10.2 Å². The summed E-state index contributed by atoms with van der Waals surface area (Å²) >= 11 is 0. The molecule has 4 aromatic rings. The molecule has 29 heavy (non-hydrogen) atoms. The minimum absolute atomic E-state index is 0.0840. The summed E-state index contributed by atoms with van der Waals surface area (Å²) in [5.74, 6) is 0.445. The quantitative estimate of drug-likeness (QED) is 0.295. The first-order valence-electron chi connectivity index (χ1n) is 9.55. The number of para-hydroxylation sites is 1. The summed E-state index contributed by atoms with van der Waals surface area (Å²) in [6, 6.07) is 24.4. The van der Waals surface area contributed by atoms with Crippen molar-refractivity contribution in [3.8, 4) is 5.75 Å². The molecule has 4 heteroatoms. The molecule has 1 N–H and O–H groups in total. The predicted molar refractivity (Wildman–Crippen MR) is 119 cm³/mol. The Labute approximate surface area is 169 Å². The Bertz CT molecular complexity index is 1150. The number of amides is 1. The second-order valence-corrected chi connectivity index (χ2v) is 7.04. The average Bonchev–Trinajstić information content (AvgIpc) is 2.73. The Kier molecular flexibility index (Phi) is 5.25. The van der Waals surface area contributed by atoms with Gasteiger partial charge in [-0.2, -0.15) is 5.10 Å². The number of ether oxygens (including phenoxy) is 1. The van der Waals surface area contributed by atoms with E-state index in [-0.39, 0.29) is 12.5 Å². The zero-order valence-electron chi connectivity index (χ0n) is 16.5. The lowest BCUT2D eigenvalue weighted by Crippen LogP contribution is -2.25. The van der Waals surface area contributed by atoms with E-state index in [0.717, 1.165) is 44.0 Å². The van der Waals surface area contributed by atoms with Gasteiger partial charge in [0, 0.05) is 5.56 Å². The van der Waals surface area contributed by atoms with Crippen LogP contribution in [0.5, 0.6) is 5.75 Å². The number of hydrogen-bond donors (Lipinski definition) is 1. The van der Waals surface area contributed by atoms with Gasteiger partial charge in [-0.25, -0.2) is 5.43 Å². The molecule has 0 bridgehead atoms. The second kappa shape index (κ2) is 8.15. The number of nitrogens with zero attached hydrogens (tertiary/aromatic N) is 1. The first-order valence-corrected chi connectivity index (χ1v) is 9.55. The fraction of sp³-hybridized carbons (Fsp3) is 0.120. The number of carbonyl (C=O) groups is 1. The van der Waals surface area contributed by atoms with E-state index in [2.05, 4.69) is 40.9 Å². The zero-order chi connectivity index (χ0) is 20.2. The average molecular weight is 382 g/mol. The van der Waals surface area contributed by atoms with Crippen LogP contribution in [-0.4, -0.2) is 18.7 Å². The number of benzene rings is 4. The molecule has 0 aliphatic heterocycles. The van der Waals surface area contributed by atoms with Crippen molar-refractivity contribution in [2.24, 2.45) is 5.10 Å². The van der Waals surface area contributed by atoms with Gasteiger partial charge in [0.05, 0.1) is 6.21 Å². The van der Waals surface area contributed by atoms with E-state index in [1.165, 1.54) is 0 Å². The Hall–Kier alpha value is -3.66. The largest absolute Gasteiger partial charge is 0.483 e. The molecule has 0 saturated carbocycles. The van der Waals surface area contributed by atoms with Gasteiger partial charge in [0.2, 0.25) is 0 Å². The lowest BCUT2D eigenvalue weighted by atomic mass is 9.97. The van der Waals surface area contributed by atoms with Gasteiger partial charge < -0.3 is 4.74 Å². The molecule has 0 aromatic heterocycles. The van der Waals surface area contributed by atoms with Crippen molar-refractivity contribution in [1.82, 2.24) is 5.43 Å². The van der Waals surface area contributed by atoms with E-state index in [1.54, 1.807) is 6.21 Å². The fourth-order valence-electron chi connectivity index (χ4n) is 3.55. The SMILES string of the molecule is Cc1cccc(C)c1OCC(=O)N/N=C\c1c2ccccc2cc2ccccc12. The van der Waals surface area contributed by atoms with Crippen LogP contribution >= 0.6 is 0 Å². The topological polar surface area (TPSA) is 50.7 Å². The molecule has 4 aromatic carbocycles. The molecule has 0 heterocycles. The molecular weight excluding hydrogens is 360 g/mol. The van der Waals surface area contributed by atoms with E-state index in [4.69, 9.17) is 4.74 Å². The number of fused-ring (bicyclic) bond motifs is 2. The van der Waals surface area contributed by atoms with Crippen LogP contribution in [0.3, 0.4) is 0 Å². The third kappa shape index (κ3) is 3.97. The Morgan fingerprint density at radius 3 is 2.10 bits per heavy atom. The van der Waals surface area contributed by atoms with Crippen molar-refractivity contribution in [1.29, 1.82) is 0 Å². The maximum atomic E-state index is 12.2. The van der Waals surface area contributed by atoms with Crippen LogP contribution in [0.2, 0.25) is 0 Å². The highest BCUT2D eigenvalue weighted by atomic mass is 16.5. The van der Waals surface area contributed by atoms with E-state index in [9.17, 15) is 4.79 Å². The summed E-state index contributed by atoms with van der Waals surface area (Å²) in [6.07, 6.45) is 1.71. The van der Waals surface area contributed by atoms with Crippen molar-refractivity contribution < 1.29 is 9.53 Å². The number of hydrogen-bond acceptors (Lipinski definition) is 3. The van der Waals surface area contributed by atoms with E-state index in [0.29, 0.717) is 0 Å². The summed E-state index contributed by atoms with van der Waals surface area (Å²) in [5, 5.41) is 8.65. The van der Waals surface area contributed by atoms with E-state index >= 15 is 0 Å². The molecule has 144 valence electrons.